The summed E-state index contributed by atoms with van der Waals surface area (Å²) < 4.78 is 37.1. The highest BCUT2D eigenvalue weighted by Crippen LogP contribution is 2.12. The molecule has 29 heavy (non-hydrogen) atoms. The molecule has 0 aliphatic heterocycles. The highest BCUT2D eigenvalue weighted by Gasteiger charge is 2.12. The number of rotatable bonds is 11. The number of benzene rings is 2. The maximum absolute atomic E-state index is 13.6. The lowest BCUT2D eigenvalue weighted by Crippen LogP contribution is -2.28. The lowest BCUT2D eigenvalue weighted by Gasteiger charge is -2.09. The lowest BCUT2D eigenvalue weighted by molar-refractivity contribution is -0.116. The Morgan fingerprint density at radius 1 is 1.03 bits per heavy atom. The zero-order valence-electron chi connectivity index (χ0n) is 16.2. The van der Waals surface area contributed by atoms with Crippen molar-refractivity contribution in [3.63, 3.8) is 0 Å². The molecule has 0 unspecified atom stereocenters. The minimum absolute atomic E-state index is 0.00361. The molecule has 6 nitrogen and oxygen atoms in total. The van der Waals surface area contributed by atoms with E-state index in [1.807, 2.05) is 13.0 Å². The smallest absolute Gasteiger partial charge is 0.254 e. The summed E-state index contributed by atoms with van der Waals surface area (Å²) >= 11 is 0. The largest absolute Gasteiger partial charge is 0.379 e. The standard InChI is InChI=1S/C21H24F2N2O4/c1-2-28-10-11-29-14-15-4-3-5-17(12-15)25-20(26)8-9-24-21(27)18-7-6-16(22)13-19(18)23/h3-7,12-13H,2,8-11,14H2,1H3,(H,24,27)(H,25,26). The summed E-state index contributed by atoms with van der Waals surface area (Å²) in [5.74, 6) is -2.73. The van der Waals surface area contributed by atoms with Crippen LogP contribution in [0.25, 0.3) is 0 Å². The molecule has 156 valence electrons. The summed E-state index contributed by atoms with van der Waals surface area (Å²) in [5.41, 5.74) is 1.24. The minimum Gasteiger partial charge on any atom is -0.379 e. The van der Waals surface area contributed by atoms with Gasteiger partial charge in [0.25, 0.3) is 5.91 Å². The third-order valence-corrected chi connectivity index (χ3v) is 3.87. The van der Waals surface area contributed by atoms with E-state index in [4.69, 9.17) is 9.47 Å². The number of nitrogens with one attached hydrogen (secondary N) is 2. The van der Waals surface area contributed by atoms with Crippen LogP contribution in [0.2, 0.25) is 0 Å². The van der Waals surface area contributed by atoms with E-state index in [-0.39, 0.29) is 24.4 Å². The summed E-state index contributed by atoms with van der Waals surface area (Å²) in [6.07, 6.45) is 0.00361. The van der Waals surface area contributed by atoms with Gasteiger partial charge in [-0.2, -0.15) is 0 Å². The van der Waals surface area contributed by atoms with E-state index in [0.29, 0.717) is 38.2 Å². The topological polar surface area (TPSA) is 76.7 Å². The number of ether oxygens (including phenoxy) is 2. The van der Waals surface area contributed by atoms with Gasteiger partial charge in [0.2, 0.25) is 5.91 Å². The van der Waals surface area contributed by atoms with Gasteiger partial charge in [-0.25, -0.2) is 8.78 Å². The van der Waals surface area contributed by atoms with Crippen LogP contribution in [0.4, 0.5) is 14.5 Å². The predicted molar refractivity (Wildman–Crippen MR) is 105 cm³/mol. The fourth-order valence-electron chi connectivity index (χ4n) is 2.47. The van der Waals surface area contributed by atoms with Crippen molar-refractivity contribution < 1.29 is 27.8 Å². The molecule has 0 heterocycles. The summed E-state index contributed by atoms with van der Waals surface area (Å²) in [6, 6.07) is 9.91. The maximum Gasteiger partial charge on any atom is 0.254 e. The molecule has 0 atom stereocenters. The maximum atomic E-state index is 13.6. The Labute approximate surface area is 168 Å². The Morgan fingerprint density at radius 3 is 2.59 bits per heavy atom. The van der Waals surface area contributed by atoms with Gasteiger partial charge in [0.05, 0.1) is 25.4 Å². The molecular formula is C21H24F2N2O4. The van der Waals surface area contributed by atoms with Gasteiger partial charge < -0.3 is 20.1 Å². The lowest BCUT2D eigenvalue weighted by atomic mass is 10.2. The highest BCUT2D eigenvalue weighted by molar-refractivity contribution is 5.95. The molecule has 8 heteroatoms. The molecule has 0 radical (unpaired) electrons. The van der Waals surface area contributed by atoms with Crippen LogP contribution < -0.4 is 10.6 Å². The molecule has 2 aromatic rings. The molecule has 0 bridgehead atoms. The van der Waals surface area contributed by atoms with E-state index in [1.165, 1.54) is 0 Å². The molecule has 0 aromatic heterocycles. The minimum atomic E-state index is -0.952. The van der Waals surface area contributed by atoms with Crippen molar-refractivity contribution in [3.05, 3.63) is 65.2 Å². The number of carbonyl (C=O) groups excluding carboxylic acids is 2. The van der Waals surface area contributed by atoms with Gasteiger partial charge in [0, 0.05) is 31.3 Å². The zero-order chi connectivity index (χ0) is 21.1. The van der Waals surface area contributed by atoms with Crippen LogP contribution in [0.3, 0.4) is 0 Å². The van der Waals surface area contributed by atoms with Crippen LogP contribution in [0.5, 0.6) is 0 Å². The van der Waals surface area contributed by atoms with Gasteiger partial charge in [-0.1, -0.05) is 12.1 Å². The van der Waals surface area contributed by atoms with E-state index in [2.05, 4.69) is 10.6 Å². The second-order valence-electron chi connectivity index (χ2n) is 6.13. The average Bonchev–Trinajstić information content (AvgIpc) is 2.68. The highest BCUT2D eigenvalue weighted by atomic mass is 19.1. The number of hydrogen-bond donors (Lipinski definition) is 2. The molecule has 0 saturated heterocycles. The van der Waals surface area contributed by atoms with Crippen molar-refractivity contribution >= 4 is 17.5 Å². The molecule has 0 aliphatic carbocycles. The van der Waals surface area contributed by atoms with Crippen LogP contribution >= 0.6 is 0 Å². The molecule has 0 fully saturated rings. The first-order valence-corrected chi connectivity index (χ1v) is 9.27. The monoisotopic (exact) mass is 406 g/mol. The molecule has 2 aromatic carbocycles. The molecular weight excluding hydrogens is 382 g/mol. The Kier molecular flexibility index (Phi) is 9.20. The summed E-state index contributed by atoms with van der Waals surface area (Å²) in [6.45, 7) is 3.99. The Balaban J connectivity index is 1.74. The van der Waals surface area contributed by atoms with Crippen LogP contribution in [0.15, 0.2) is 42.5 Å². The summed E-state index contributed by atoms with van der Waals surface area (Å²) in [5, 5.41) is 5.17. The average molecular weight is 406 g/mol. The van der Waals surface area contributed by atoms with Crippen molar-refractivity contribution in [2.75, 3.05) is 31.7 Å². The molecule has 0 saturated carbocycles. The zero-order valence-corrected chi connectivity index (χ0v) is 16.2. The normalized spacial score (nSPS) is 10.6. The fraction of sp³-hybridized carbons (Fsp3) is 0.333. The van der Waals surface area contributed by atoms with Crippen molar-refractivity contribution in [1.29, 1.82) is 0 Å². The number of halogens is 2. The predicted octanol–water partition coefficient (Wildman–Crippen LogP) is 3.28. The van der Waals surface area contributed by atoms with Gasteiger partial charge in [-0.05, 0) is 36.8 Å². The third-order valence-electron chi connectivity index (χ3n) is 3.87. The van der Waals surface area contributed by atoms with Gasteiger partial charge in [0.1, 0.15) is 11.6 Å². The number of hydrogen-bond acceptors (Lipinski definition) is 4. The van der Waals surface area contributed by atoms with E-state index in [1.54, 1.807) is 18.2 Å². The first-order valence-electron chi connectivity index (χ1n) is 9.27. The van der Waals surface area contributed by atoms with Gasteiger partial charge in [-0.15, -0.1) is 0 Å². The Hall–Kier alpha value is -2.84. The van der Waals surface area contributed by atoms with Gasteiger partial charge >= 0.3 is 0 Å². The summed E-state index contributed by atoms with van der Waals surface area (Å²) in [7, 11) is 0. The molecule has 0 spiro atoms. The summed E-state index contributed by atoms with van der Waals surface area (Å²) in [4.78, 5) is 24.0. The Morgan fingerprint density at radius 2 is 1.83 bits per heavy atom. The van der Waals surface area contributed by atoms with Gasteiger partial charge in [0.15, 0.2) is 0 Å². The quantitative estimate of drug-likeness (QED) is 0.562. The van der Waals surface area contributed by atoms with Crippen LogP contribution in [-0.2, 0) is 20.9 Å². The van der Waals surface area contributed by atoms with Crippen molar-refractivity contribution in [2.45, 2.75) is 20.0 Å². The fourth-order valence-corrected chi connectivity index (χ4v) is 2.47. The van der Waals surface area contributed by atoms with Crippen LogP contribution in [0.1, 0.15) is 29.3 Å². The van der Waals surface area contributed by atoms with Crippen molar-refractivity contribution in [1.82, 2.24) is 5.32 Å². The number of amides is 2. The number of carbonyl (C=O) groups is 2. The van der Waals surface area contributed by atoms with Crippen molar-refractivity contribution in [2.24, 2.45) is 0 Å². The van der Waals surface area contributed by atoms with E-state index < -0.39 is 17.5 Å². The SMILES string of the molecule is CCOCCOCc1cccc(NC(=O)CCNC(=O)c2ccc(F)cc2F)c1. The second-order valence-corrected chi connectivity index (χ2v) is 6.13. The first-order chi connectivity index (χ1) is 14.0. The second kappa shape index (κ2) is 11.9. The van der Waals surface area contributed by atoms with Crippen LogP contribution in [-0.4, -0.2) is 38.2 Å². The molecule has 2 rings (SSSR count). The third kappa shape index (κ3) is 7.97. The Bertz CT molecular complexity index is 830. The first kappa shape index (κ1) is 22.4. The van der Waals surface area contributed by atoms with Gasteiger partial charge in [-0.3, -0.25) is 9.59 Å². The van der Waals surface area contributed by atoms with Crippen molar-refractivity contribution in [3.8, 4) is 0 Å². The van der Waals surface area contributed by atoms with E-state index >= 15 is 0 Å². The molecule has 0 aliphatic rings. The molecule has 2 N–H and O–H groups in total. The van der Waals surface area contributed by atoms with E-state index in [9.17, 15) is 18.4 Å². The number of anilines is 1. The van der Waals surface area contributed by atoms with Crippen LogP contribution in [0, 0.1) is 11.6 Å². The van der Waals surface area contributed by atoms with E-state index in [0.717, 1.165) is 17.7 Å². The molecule has 2 amide bonds.